The summed E-state index contributed by atoms with van der Waals surface area (Å²) in [6.07, 6.45) is 3.25. The van der Waals surface area contributed by atoms with E-state index in [1.165, 1.54) is 11.1 Å². The van der Waals surface area contributed by atoms with Crippen LogP contribution in [0.1, 0.15) is 44.2 Å². The van der Waals surface area contributed by atoms with Gasteiger partial charge in [0.25, 0.3) is 5.91 Å². The maximum absolute atomic E-state index is 12.8. The molecular weight excluding hydrogens is 288 g/mol. The van der Waals surface area contributed by atoms with Crippen molar-refractivity contribution in [2.24, 2.45) is 5.73 Å². The van der Waals surface area contributed by atoms with Gasteiger partial charge in [-0.15, -0.1) is 0 Å². The van der Waals surface area contributed by atoms with Crippen molar-refractivity contribution >= 4 is 5.91 Å². The topological polar surface area (TPSA) is 55.6 Å². The number of hydrogen-bond acceptors (Lipinski definition) is 3. The molecule has 0 bridgehead atoms. The van der Waals surface area contributed by atoms with Gasteiger partial charge in [-0.1, -0.05) is 36.8 Å². The quantitative estimate of drug-likeness (QED) is 0.841. The number of carbonyl (C=O) groups is 1. The average molecular weight is 318 g/mol. The molecule has 0 spiro atoms. The zero-order chi connectivity index (χ0) is 16.8. The zero-order valence-corrected chi connectivity index (χ0v) is 14.6. The first kappa shape index (κ1) is 18.0. The number of amides is 1. The smallest absolute Gasteiger partial charge is 0.251 e. The van der Waals surface area contributed by atoms with Crippen LogP contribution in [-0.4, -0.2) is 42.1 Å². The van der Waals surface area contributed by atoms with Crippen LogP contribution in [0.3, 0.4) is 0 Å². The Morgan fingerprint density at radius 3 is 2.52 bits per heavy atom. The molecule has 2 N–H and O–H groups in total. The minimum atomic E-state index is -0.310. The van der Waals surface area contributed by atoms with Gasteiger partial charge in [-0.05, 0) is 45.1 Å². The van der Waals surface area contributed by atoms with Gasteiger partial charge >= 0.3 is 0 Å². The lowest BCUT2D eigenvalue weighted by atomic mass is 10.0. The van der Waals surface area contributed by atoms with Gasteiger partial charge in [0, 0.05) is 19.1 Å². The summed E-state index contributed by atoms with van der Waals surface area (Å²) in [6.45, 7) is 7.50. The van der Waals surface area contributed by atoms with Gasteiger partial charge in [-0.2, -0.15) is 0 Å². The highest BCUT2D eigenvalue weighted by Crippen LogP contribution is 2.23. The molecule has 1 aromatic carbocycles. The van der Waals surface area contributed by atoms with Gasteiger partial charge in [0.1, 0.15) is 6.10 Å². The molecule has 0 aliphatic carbocycles. The van der Waals surface area contributed by atoms with E-state index in [0.717, 1.165) is 32.2 Å². The predicted octanol–water partition coefficient (Wildman–Crippen LogP) is 2.67. The monoisotopic (exact) mass is 318 g/mol. The second kappa shape index (κ2) is 8.46. The molecule has 1 aliphatic heterocycles. The minimum Gasteiger partial charge on any atom is -0.364 e. The molecule has 1 aromatic rings. The average Bonchev–Trinajstić information content (AvgIpc) is 3.05. The number of benzene rings is 1. The van der Waals surface area contributed by atoms with E-state index in [1.54, 1.807) is 0 Å². The van der Waals surface area contributed by atoms with Crippen LogP contribution in [0.4, 0.5) is 0 Å². The molecule has 0 saturated carbocycles. The van der Waals surface area contributed by atoms with Crippen LogP contribution in [0.5, 0.6) is 0 Å². The Balaban J connectivity index is 2.04. The summed E-state index contributed by atoms with van der Waals surface area (Å²) in [5, 5.41) is 0. The number of nitrogens with zero attached hydrogens (tertiary/aromatic N) is 1. The third-order valence-electron chi connectivity index (χ3n) is 4.77. The number of hydrogen-bond donors (Lipinski definition) is 1. The summed E-state index contributed by atoms with van der Waals surface area (Å²) in [6, 6.07) is 8.80. The number of ether oxygens (including phenoxy) is 1. The fourth-order valence-corrected chi connectivity index (χ4v) is 3.31. The van der Waals surface area contributed by atoms with Crippen molar-refractivity contribution in [2.45, 2.75) is 64.7 Å². The first-order valence-electron chi connectivity index (χ1n) is 8.80. The van der Waals surface area contributed by atoms with Crippen molar-refractivity contribution in [3.05, 3.63) is 35.4 Å². The van der Waals surface area contributed by atoms with Crippen LogP contribution < -0.4 is 5.73 Å². The van der Waals surface area contributed by atoms with Crippen LogP contribution >= 0.6 is 0 Å². The standard InChI is InChI=1S/C19H30N2O2/c1-4-16(12-15-8-6-14(3)7-9-15)21(5-2)19(22)18-11-10-17(13-20)23-18/h6-9,16-18H,4-5,10-13,20H2,1-3H3/t16?,17-,18+/m1/s1. The Labute approximate surface area is 140 Å². The molecule has 2 rings (SSSR count). The summed E-state index contributed by atoms with van der Waals surface area (Å²) >= 11 is 0. The van der Waals surface area contributed by atoms with Gasteiger partial charge in [0.2, 0.25) is 0 Å². The molecule has 128 valence electrons. The van der Waals surface area contributed by atoms with Crippen LogP contribution in [0.2, 0.25) is 0 Å². The molecule has 23 heavy (non-hydrogen) atoms. The van der Waals surface area contributed by atoms with Crippen molar-refractivity contribution < 1.29 is 9.53 Å². The van der Waals surface area contributed by atoms with Crippen molar-refractivity contribution in [3.63, 3.8) is 0 Å². The Morgan fingerprint density at radius 2 is 2.00 bits per heavy atom. The maximum Gasteiger partial charge on any atom is 0.251 e. The van der Waals surface area contributed by atoms with Crippen molar-refractivity contribution in [1.82, 2.24) is 4.90 Å². The van der Waals surface area contributed by atoms with Gasteiger partial charge < -0.3 is 15.4 Å². The first-order chi connectivity index (χ1) is 11.1. The summed E-state index contributed by atoms with van der Waals surface area (Å²) in [5.74, 6) is 0.127. The van der Waals surface area contributed by atoms with Crippen molar-refractivity contribution in [1.29, 1.82) is 0 Å². The third-order valence-corrected chi connectivity index (χ3v) is 4.77. The molecule has 0 aromatic heterocycles. The molecule has 4 heteroatoms. The number of carbonyl (C=O) groups excluding carboxylic acids is 1. The molecule has 1 heterocycles. The lowest BCUT2D eigenvalue weighted by molar-refractivity contribution is -0.145. The van der Waals surface area contributed by atoms with Crippen LogP contribution in [-0.2, 0) is 16.0 Å². The SMILES string of the molecule is CCC(Cc1ccc(C)cc1)N(CC)C(=O)[C@@H]1CC[C@H](CN)O1. The Bertz CT molecular complexity index is 501. The highest BCUT2D eigenvalue weighted by atomic mass is 16.5. The summed E-state index contributed by atoms with van der Waals surface area (Å²) in [7, 11) is 0. The lowest BCUT2D eigenvalue weighted by Crippen LogP contribution is -2.46. The molecule has 1 unspecified atom stereocenters. The largest absolute Gasteiger partial charge is 0.364 e. The molecule has 1 aliphatic rings. The summed E-state index contributed by atoms with van der Waals surface area (Å²) in [5.41, 5.74) is 8.20. The normalized spacial score (nSPS) is 22.1. The van der Waals surface area contributed by atoms with Gasteiger partial charge in [-0.3, -0.25) is 4.79 Å². The second-order valence-corrected chi connectivity index (χ2v) is 6.44. The Kier molecular flexibility index (Phi) is 6.60. The molecule has 1 saturated heterocycles. The van der Waals surface area contributed by atoms with Crippen molar-refractivity contribution in [2.75, 3.05) is 13.1 Å². The lowest BCUT2D eigenvalue weighted by Gasteiger charge is -2.32. The van der Waals surface area contributed by atoms with E-state index in [2.05, 4.69) is 38.1 Å². The summed E-state index contributed by atoms with van der Waals surface area (Å²) in [4.78, 5) is 14.8. The van der Waals surface area contributed by atoms with E-state index in [-0.39, 0.29) is 24.2 Å². The van der Waals surface area contributed by atoms with Gasteiger partial charge in [0.05, 0.1) is 6.10 Å². The minimum absolute atomic E-state index is 0.0415. The number of rotatable bonds is 7. The molecule has 1 fully saturated rings. The number of aryl methyl sites for hydroxylation is 1. The van der Waals surface area contributed by atoms with Gasteiger partial charge in [0.15, 0.2) is 0 Å². The predicted molar refractivity (Wildman–Crippen MR) is 93.3 cm³/mol. The molecule has 1 amide bonds. The van der Waals surface area contributed by atoms with E-state index < -0.39 is 0 Å². The highest BCUT2D eigenvalue weighted by Gasteiger charge is 2.34. The van der Waals surface area contributed by atoms with E-state index >= 15 is 0 Å². The fourth-order valence-electron chi connectivity index (χ4n) is 3.31. The maximum atomic E-state index is 12.8. The van der Waals surface area contributed by atoms with E-state index in [1.807, 2.05) is 11.8 Å². The second-order valence-electron chi connectivity index (χ2n) is 6.44. The van der Waals surface area contributed by atoms with Gasteiger partial charge in [-0.25, -0.2) is 0 Å². The number of likely N-dealkylation sites (N-methyl/N-ethyl adjacent to an activating group) is 1. The number of nitrogens with two attached hydrogens (primary N) is 1. The highest BCUT2D eigenvalue weighted by molar-refractivity contribution is 5.81. The molecule has 0 radical (unpaired) electrons. The Morgan fingerprint density at radius 1 is 1.30 bits per heavy atom. The van der Waals surface area contributed by atoms with E-state index in [0.29, 0.717) is 6.54 Å². The fraction of sp³-hybridized carbons (Fsp3) is 0.632. The van der Waals surface area contributed by atoms with Crippen molar-refractivity contribution in [3.8, 4) is 0 Å². The van der Waals surface area contributed by atoms with Crippen LogP contribution in [0.25, 0.3) is 0 Å². The third kappa shape index (κ3) is 4.55. The summed E-state index contributed by atoms with van der Waals surface area (Å²) < 4.78 is 5.80. The Hall–Kier alpha value is -1.39. The van der Waals surface area contributed by atoms with Crippen LogP contribution in [0, 0.1) is 6.92 Å². The zero-order valence-electron chi connectivity index (χ0n) is 14.6. The first-order valence-corrected chi connectivity index (χ1v) is 8.80. The molecular formula is C19H30N2O2. The van der Waals surface area contributed by atoms with Crippen LogP contribution in [0.15, 0.2) is 24.3 Å². The van der Waals surface area contributed by atoms with E-state index in [9.17, 15) is 4.79 Å². The molecule has 3 atom stereocenters. The van der Waals surface area contributed by atoms with E-state index in [4.69, 9.17) is 10.5 Å². The molecule has 4 nitrogen and oxygen atoms in total.